The Bertz CT molecular complexity index is 900. The normalized spacial score (nSPS) is 12.7. The molecular weight excluding hydrogens is 304 g/mol. The molecule has 2 nitrogen and oxygen atoms in total. The molecule has 126 valence electrons. The summed E-state index contributed by atoms with van der Waals surface area (Å²) in [5.41, 5.74) is 9.54. The topological polar surface area (TPSA) is 24.1 Å². The largest absolute Gasteiger partial charge is 0.360 e. The lowest BCUT2D eigenvalue weighted by molar-refractivity contribution is 1.13. The van der Waals surface area contributed by atoms with Gasteiger partial charge in [-0.2, -0.15) is 0 Å². The first kappa shape index (κ1) is 16.8. The van der Waals surface area contributed by atoms with Crippen LogP contribution in [0, 0.1) is 6.92 Å². The number of anilines is 2. The molecule has 0 unspecified atom stereocenters. The van der Waals surface area contributed by atoms with Gasteiger partial charge < -0.3 is 10.6 Å². The number of aryl methyl sites for hydroxylation is 2. The summed E-state index contributed by atoms with van der Waals surface area (Å²) < 4.78 is 0. The maximum atomic E-state index is 4.33. The zero-order valence-electron chi connectivity index (χ0n) is 14.9. The van der Waals surface area contributed by atoms with E-state index in [2.05, 4.69) is 68.5 Å². The van der Waals surface area contributed by atoms with E-state index in [9.17, 15) is 0 Å². The van der Waals surface area contributed by atoms with Crippen molar-refractivity contribution in [2.75, 3.05) is 10.6 Å². The van der Waals surface area contributed by atoms with Gasteiger partial charge in [0.25, 0.3) is 0 Å². The van der Waals surface area contributed by atoms with Crippen molar-refractivity contribution in [3.05, 3.63) is 95.9 Å². The zero-order valence-corrected chi connectivity index (χ0v) is 14.9. The lowest BCUT2D eigenvalue weighted by Gasteiger charge is -2.25. The number of rotatable bonds is 5. The minimum atomic E-state index is 0.826. The molecule has 1 aliphatic heterocycles. The maximum absolute atomic E-state index is 4.33. The van der Waals surface area contributed by atoms with Crippen molar-refractivity contribution in [1.82, 2.24) is 0 Å². The SMILES string of the molecule is C=Cc1cc(CC)cc2c1C(=C)C(C(=C)Nc1ccccc1C)=CN2. The van der Waals surface area contributed by atoms with Crippen LogP contribution < -0.4 is 10.6 Å². The molecule has 0 spiro atoms. The summed E-state index contributed by atoms with van der Waals surface area (Å²) in [5.74, 6) is 0. The van der Waals surface area contributed by atoms with Crippen LogP contribution in [0.1, 0.15) is 29.2 Å². The molecule has 1 heterocycles. The third-order valence-corrected chi connectivity index (χ3v) is 4.61. The first-order valence-corrected chi connectivity index (χ1v) is 8.52. The number of benzene rings is 2. The average molecular weight is 328 g/mol. The van der Waals surface area contributed by atoms with Gasteiger partial charge in [-0.15, -0.1) is 0 Å². The van der Waals surface area contributed by atoms with Gasteiger partial charge in [0.1, 0.15) is 0 Å². The summed E-state index contributed by atoms with van der Waals surface area (Å²) in [7, 11) is 0. The van der Waals surface area contributed by atoms with Gasteiger partial charge in [-0.05, 0) is 47.7 Å². The van der Waals surface area contributed by atoms with E-state index in [4.69, 9.17) is 0 Å². The average Bonchev–Trinajstić information content (AvgIpc) is 2.62. The van der Waals surface area contributed by atoms with Crippen LogP contribution in [-0.4, -0.2) is 0 Å². The highest BCUT2D eigenvalue weighted by molar-refractivity contribution is 5.95. The van der Waals surface area contributed by atoms with Crippen LogP contribution in [0.5, 0.6) is 0 Å². The Morgan fingerprint density at radius 1 is 1.24 bits per heavy atom. The Morgan fingerprint density at radius 3 is 2.68 bits per heavy atom. The highest BCUT2D eigenvalue weighted by Gasteiger charge is 2.20. The molecule has 2 aromatic rings. The van der Waals surface area contributed by atoms with Crippen molar-refractivity contribution >= 4 is 23.0 Å². The first-order chi connectivity index (χ1) is 12.0. The molecule has 25 heavy (non-hydrogen) atoms. The maximum Gasteiger partial charge on any atom is 0.0468 e. The minimum Gasteiger partial charge on any atom is -0.360 e. The van der Waals surface area contributed by atoms with Gasteiger partial charge in [0, 0.05) is 34.4 Å². The molecule has 0 radical (unpaired) electrons. The van der Waals surface area contributed by atoms with Gasteiger partial charge in [0.05, 0.1) is 0 Å². The van der Waals surface area contributed by atoms with Crippen LogP contribution in [0.4, 0.5) is 11.4 Å². The van der Waals surface area contributed by atoms with E-state index in [1.54, 1.807) is 0 Å². The fourth-order valence-electron chi connectivity index (χ4n) is 3.13. The molecular formula is C23H24N2. The van der Waals surface area contributed by atoms with Gasteiger partial charge in [0.2, 0.25) is 0 Å². The second-order valence-electron chi connectivity index (χ2n) is 6.26. The van der Waals surface area contributed by atoms with Crippen molar-refractivity contribution in [2.45, 2.75) is 20.3 Å². The van der Waals surface area contributed by atoms with E-state index >= 15 is 0 Å². The third kappa shape index (κ3) is 3.16. The summed E-state index contributed by atoms with van der Waals surface area (Å²) in [6.45, 7) is 16.8. The van der Waals surface area contributed by atoms with Gasteiger partial charge in [-0.1, -0.05) is 57.0 Å². The van der Waals surface area contributed by atoms with Crippen LogP contribution >= 0.6 is 0 Å². The van der Waals surface area contributed by atoms with Gasteiger partial charge in [0.15, 0.2) is 0 Å². The molecule has 0 fully saturated rings. The van der Waals surface area contributed by atoms with Crippen molar-refractivity contribution in [1.29, 1.82) is 0 Å². The highest BCUT2D eigenvalue weighted by Crippen LogP contribution is 2.39. The van der Waals surface area contributed by atoms with Gasteiger partial charge in [-0.3, -0.25) is 0 Å². The van der Waals surface area contributed by atoms with Crippen molar-refractivity contribution in [2.24, 2.45) is 0 Å². The van der Waals surface area contributed by atoms with E-state index < -0.39 is 0 Å². The first-order valence-electron chi connectivity index (χ1n) is 8.52. The summed E-state index contributed by atoms with van der Waals surface area (Å²) in [6, 6.07) is 12.5. The summed E-state index contributed by atoms with van der Waals surface area (Å²) in [4.78, 5) is 0. The number of nitrogens with one attached hydrogen (secondary N) is 2. The zero-order chi connectivity index (χ0) is 18.0. The molecule has 0 saturated heterocycles. The third-order valence-electron chi connectivity index (χ3n) is 4.61. The van der Waals surface area contributed by atoms with Crippen LogP contribution in [0.15, 0.2) is 73.6 Å². The summed E-state index contributed by atoms with van der Waals surface area (Å²) in [6.07, 6.45) is 4.86. The molecule has 0 amide bonds. The molecule has 2 N–H and O–H groups in total. The van der Waals surface area contributed by atoms with E-state index in [1.165, 1.54) is 11.1 Å². The second-order valence-corrected chi connectivity index (χ2v) is 6.26. The molecule has 1 aliphatic rings. The van der Waals surface area contributed by atoms with E-state index in [0.717, 1.165) is 45.8 Å². The fraction of sp³-hybridized carbons (Fsp3) is 0.130. The Kier molecular flexibility index (Phi) is 4.62. The number of para-hydroxylation sites is 1. The minimum absolute atomic E-state index is 0.826. The lowest BCUT2D eigenvalue weighted by Crippen LogP contribution is -2.12. The van der Waals surface area contributed by atoms with Crippen LogP contribution in [-0.2, 0) is 6.42 Å². The quantitative estimate of drug-likeness (QED) is 0.688. The summed E-state index contributed by atoms with van der Waals surface area (Å²) >= 11 is 0. The second kappa shape index (κ2) is 6.86. The Balaban J connectivity index is 1.93. The smallest absolute Gasteiger partial charge is 0.0468 e. The number of hydrogen-bond donors (Lipinski definition) is 2. The van der Waals surface area contributed by atoms with Gasteiger partial charge >= 0.3 is 0 Å². The van der Waals surface area contributed by atoms with Crippen LogP contribution in [0.3, 0.4) is 0 Å². The molecule has 2 aromatic carbocycles. The molecule has 3 rings (SSSR count). The predicted molar refractivity (Wildman–Crippen MR) is 111 cm³/mol. The van der Waals surface area contributed by atoms with E-state index in [1.807, 2.05) is 24.4 Å². The highest BCUT2D eigenvalue weighted by atomic mass is 14.9. The monoisotopic (exact) mass is 328 g/mol. The molecule has 0 saturated carbocycles. The molecule has 0 atom stereocenters. The predicted octanol–water partition coefficient (Wildman–Crippen LogP) is 6.15. The number of hydrogen-bond acceptors (Lipinski definition) is 2. The summed E-state index contributed by atoms with van der Waals surface area (Å²) in [5, 5.41) is 6.81. The van der Waals surface area contributed by atoms with Crippen LogP contribution in [0.2, 0.25) is 0 Å². The Morgan fingerprint density at radius 2 is 2.00 bits per heavy atom. The lowest BCUT2D eigenvalue weighted by atomic mass is 9.88. The molecule has 0 aromatic heterocycles. The molecule has 0 bridgehead atoms. The fourth-order valence-corrected chi connectivity index (χ4v) is 3.13. The van der Waals surface area contributed by atoms with Gasteiger partial charge in [-0.25, -0.2) is 0 Å². The molecule has 0 aliphatic carbocycles. The van der Waals surface area contributed by atoms with E-state index in [0.29, 0.717) is 0 Å². The molecule has 2 heteroatoms. The van der Waals surface area contributed by atoms with Crippen LogP contribution in [0.25, 0.3) is 11.6 Å². The van der Waals surface area contributed by atoms with Crippen molar-refractivity contribution in [3.63, 3.8) is 0 Å². The van der Waals surface area contributed by atoms with Crippen molar-refractivity contribution in [3.8, 4) is 0 Å². The Hall–Kier alpha value is -3.00. The Labute approximate surface area is 150 Å². The number of fused-ring (bicyclic) bond motifs is 1. The van der Waals surface area contributed by atoms with E-state index in [-0.39, 0.29) is 0 Å². The van der Waals surface area contributed by atoms with Crippen molar-refractivity contribution < 1.29 is 0 Å². The standard InChI is InChI=1S/C23H24N2/c1-6-18-12-19(7-2)23-16(4)20(14-24-22(23)13-18)17(5)25-21-11-9-8-10-15(21)3/h7-14,24-25H,2,4-6H2,1,3H3. The number of allylic oxidation sites excluding steroid dienone is 1.